The predicted molar refractivity (Wildman–Crippen MR) is 81.3 cm³/mol. The van der Waals surface area contributed by atoms with Crippen LogP contribution in [-0.2, 0) is 16.8 Å². The standard InChI is InChI=1S/C17H19FN2O2/c1-11-8-13(15(18)20-10-11)9-12(2)17(22,16(19)21)14-6-4-3-5-7-14/h3-8,10,12,22H,9H2,1-2H3,(H2,19,21). The minimum absolute atomic E-state index is 0.148. The number of pyridine rings is 1. The zero-order chi connectivity index (χ0) is 16.3. The smallest absolute Gasteiger partial charge is 0.254 e. The number of aliphatic hydroxyl groups is 1. The molecule has 0 fully saturated rings. The molecule has 22 heavy (non-hydrogen) atoms. The third-order valence-corrected chi connectivity index (χ3v) is 3.88. The quantitative estimate of drug-likeness (QED) is 0.830. The fourth-order valence-corrected chi connectivity index (χ4v) is 2.60. The third-order valence-electron chi connectivity index (χ3n) is 3.88. The molecule has 2 rings (SSSR count). The van der Waals surface area contributed by atoms with Crippen molar-refractivity contribution in [2.24, 2.45) is 11.7 Å². The van der Waals surface area contributed by atoms with E-state index >= 15 is 0 Å². The van der Waals surface area contributed by atoms with Crippen LogP contribution in [0.4, 0.5) is 4.39 Å². The summed E-state index contributed by atoms with van der Waals surface area (Å²) in [6.45, 7) is 3.47. The van der Waals surface area contributed by atoms with Crippen LogP contribution in [0.2, 0.25) is 0 Å². The molecule has 1 aromatic heterocycles. The number of carbonyl (C=O) groups is 1. The van der Waals surface area contributed by atoms with Crippen LogP contribution in [0.15, 0.2) is 42.6 Å². The number of primary amides is 1. The van der Waals surface area contributed by atoms with Crippen LogP contribution >= 0.6 is 0 Å². The highest BCUT2D eigenvalue weighted by Gasteiger charge is 2.41. The van der Waals surface area contributed by atoms with Gasteiger partial charge in [-0.15, -0.1) is 0 Å². The van der Waals surface area contributed by atoms with E-state index in [-0.39, 0.29) is 6.42 Å². The summed E-state index contributed by atoms with van der Waals surface area (Å²) in [5.74, 6) is -2.06. The van der Waals surface area contributed by atoms with Crippen molar-refractivity contribution in [3.05, 3.63) is 65.2 Å². The van der Waals surface area contributed by atoms with Gasteiger partial charge in [-0.2, -0.15) is 4.39 Å². The van der Waals surface area contributed by atoms with E-state index in [1.165, 1.54) is 6.20 Å². The van der Waals surface area contributed by atoms with Crippen LogP contribution in [0.1, 0.15) is 23.6 Å². The molecule has 0 aliphatic heterocycles. The van der Waals surface area contributed by atoms with Gasteiger partial charge in [-0.05, 0) is 24.5 Å². The average molecular weight is 302 g/mol. The maximum absolute atomic E-state index is 13.8. The lowest BCUT2D eigenvalue weighted by Crippen LogP contribution is -2.47. The summed E-state index contributed by atoms with van der Waals surface area (Å²) in [6, 6.07) is 10.1. The highest BCUT2D eigenvalue weighted by atomic mass is 19.1. The van der Waals surface area contributed by atoms with Gasteiger partial charge in [-0.25, -0.2) is 4.98 Å². The number of aryl methyl sites for hydroxylation is 1. The summed E-state index contributed by atoms with van der Waals surface area (Å²) in [7, 11) is 0. The summed E-state index contributed by atoms with van der Waals surface area (Å²) < 4.78 is 13.8. The van der Waals surface area contributed by atoms with Crippen molar-refractivity contribution in [2.75, 3.05) is 0 Å². The SMILES string of the molecule is Cc1cnc(F)c(CC(C)C(O)(C(N)=O)c2ccccc2)c1. The fourth-order valence-electron chi connectivity index (χ4n) is 2.60. The van der Waals surface area contributed by atoms with E-state index in [0.29, 0.717) is 11.1 Å². The monoisotopic (exact) mass is 302 g/mol. The second-order valence-corrected chi connectivity index (χ2v) is 5.56. The Morgan fingerprint density at radius 3 is 2.64 bits per heavy atom. The molecule has 0 spiro atoms. The van der Waals surface area contributed by atoms with Gasteiger partial charge in [0.05, 0.1) is 0 Å². The Kier molecular flexibility index (Phi) is 4.56. The van der Waals surface area contributed by atoms with Crippen molar-refractivity contribution >= 4 is 5.91 Å². The molecule has 4 nitrogen and oxygen atoms in total. The normalized spacial score (nSPS) is 15.1. The Morgan fingerprint density at radius 1 is 1.41 bits per heavy atom. The van der Waals surface area contributed by atoms with Gasteiger partial charge in [-0.3, -0.25) is 4.79 Å². The molecule has 2 aromatic rings. The zero-order valence-corrected chi connectivity index (χ0v) is 12.6. The van der Waals surface area contributed by atoms with Crippen LogP contribution in [-0.4, -0.2) is 16.0 Å². The van der Waals surface area contributed by atoms with Crippen molar-refractivity contribution in [1.29, 1.82) is 0 Å². The minimum Gasteiger partial charge on any atom is -0.375 e. The number of aromatic nitrogens is 1. The number of halogens is 1. The van der Waals surface area contributed by atoms with E-state index < -0.39 is 23.4 Å². The van der Waals surface area contributed by atoms with Crippen LogP contribution in [0, 0.1) is 18.8 Å². The average Bonchev–Trinajstić information content (AvgIpc) is 2.50. The molecule has 0 radical (unpaired) electrons. The molecule has 5 heteroatoms. The zero-order valence-electron chi connectivity index (χ0n) is 12.6. The molecule has 0 saturated carbocycles. The van der Waals surface area contributed by atoms with Crippen molar-refractivity contribution in [1.82, 2.24) is 4.98 Å². The number of benzene rings is 1. The van der Waals surface area contributed by atoms with Gasteiger partial charge in [0, 0.05) is 17.7 Å². The first-order chi connectivity index (χ1) is 10.4. The van der Waals surface area contributed by atoms with Crippen LogP contribution < -0.4 is 5.73 Å². The molecule has 0 aliphatic carbocycles. The fraction of sp³-hybridized carbons (Fsp3) is 0.294. The molecule has 1 aromatic carbocycles. The van der Waals surface area contributed by atoms with E-state index in [1.807, 2.05) is 0 Å². The number of rotatable bonds is 5. The summed E-state index contributed by atoms with van der Waals surface area (Å²) in [4.78, 5) is 15.5. The predicted octanol–water partition coefficient (Wildman–Crippen LogP) is 2.08. The summed E-state index contributed by atoms with van der Waals surface area (Å²) in [5, 5.41) is 10.8. The van der Waals surface area contributed by atoms with Gasteiger partial charge in [0.2, 0.25) is 5.95 Å². The van der Waals surface area contributed by atoms with Gasteiger partial charge in [0.25, 0.3) is 5.91 Å². The molecule has 0 aliphatic rings. The maximum atomic E-state index is 13.8. The van der Waals surface area contributed by atoms with Crippen molar-refractivity contribution in [2.45, 2.75) is 25.9 Å². The second-order valence-electron chi connectivity index (χ2n) is 5.56. The van der Waals surface area contributed by atoms with Crippen molar-refractivity contribution in [3.63, 3.8) is 0 Å². The minimum atomic E-state index is -1.86. The van der Waals surface area contributed by atoms with Gasteiger partial charge < -0.3 is 10.8 Å². The number of hydrogen-bond donors (Lipinski definition) is 2. The number of nitrogens with two attached hydrogens (primary N) is 1. The third kappa shape index (κ3) is 2.99. The first kappa shape index (κ1) is 16.1. The largest absolute Gasteiger partial charge is 0.375 e. The lowest BCUT2D eigenvalue weighted by Gasteiger charge is -2.31. The van der Waals surface area contributed by atoms with Crippen molar-refractivity contribution < 1.29 is 14.3 Å². The van der Waals surface area contributed by atoms with Crippen LogP contribution in [0.5, 0.6) is 0 Å². The molecular weight excluding hydrogens is 283 g/mol. The van der Waals surface area contributed by atoms with Crippen molar-refractivity contribution in [3.8, 4) is 0 Å². The summed E-state index contributed by atoms with van der Waals surface area (Å²) in [6.07, 6.45) is 1.58. The first-order valence-corrected chi connectivity index (χ1v) is 7.04. The topological polar surface area (TPSA) is 76.2 Å². The molecule has 1 amide bonds. The molecule has 2 atom stereocenters. The van der Waals surface area contributed by atoms with E-state index in [0.717, 1.165) is 5.56 Å². The van der Waals surface area contributed by atoms with Gasteiger partial charge in [0.15, 0.2) is 5.60 Å². The highest BCUT2D eigenvalue weighted by Crippen LogP contribution is 2.32. The van der Waals surface area contributed by atoms with E-state index in [2.05, 4.69) is 4.98 Å². The van der Waals surface area contributed by atoms with Gasteiger partial charge in [-0.1, -0.05) is 43.3 Å². The molecule has 116 valence electrons. The van der Waals surface area contributed by atoms with E-state index in [9.17, 15) is 14.3 Å². The van der Waals surface area contributed by atoms with Crippen LogP contribution in [0.3, 0.4) is 0 Å². The number of hydrogen-bond acceptors (Lipinski definition) is 3. The number of amides is 1. The summed E-state index contributed by atoms with van der Waals surface area (Å²) in [5.41, 5.74) is 5.12. The Balaban J connectivity index is 2.37. The number of nitrogens with zero attached hydrogens (tertiary/aromatic N) is 1. The van der Waals surface area contributed by atoms with E-state index in [1.54, 1.807) is 50.2 Å². The van der Waals surface area contributed by atoms with Gasteiger partial charge in [0.1, 0.15) is 0 Å². The second kappa shape index (κ2) is 6.23. The Bertz CT molecular complexity index is 676. The molecule has 3 N–H and O–H groups in total. The highest BCUT2D eigenvalue weighted by molar-refractivity contribution is 5.85. The Hall–Kier alpha value is -2.27. The molecule has 1 heterocycles. The maximum Gasteiger partial charge on any atom is 0.254 e. The Morgan fingerprint density at radius 2 is 2.05 bits per heavy atom. The molecule has 0 bridgehead atoms. The lowest BCUT2D eigenvalue weighted by molar-refractivity contribution is -0.143. The molecule has 2 unspecified atom stereocenters. The summed E-state index contributed by atoms with van der Waals surface area (Å²) >= 11 is 0. The van der Waals surface area contributed by atoms with E-state index in [4.69, 9.17) is 5.73 Å². The Labute approximate surface area is 128 Å². The molecular formula is C17H19FN2O2. The first-order valence-electron chi connectivity index (χ1n) is 7.04. The van der Waals surface area contributed by atoms with Gasteiger partial charge >= 0.3 is 0 Å². The van der Waals surface area contributed by atoms with Crippen LogP contribution in [0.25, 0.3) is 0 Å². The molecule has 0 saturated heterocycles. The number of carbonyl (C=O) groups excluding carboxylic acids is 1. The lowest BCUT2D eigenvalue weighted by atomic mass is 9.78.